The zero-order valence-corrected chi connectivity index (χ0v) is 13.0. The van der Waals surface area contributed by atoms with E-state index >= 15 is 0 Å². The first-order valence-electron chi connectivity index (χ1n) is 5.64. The van der Waals surface area contributed by atoms with E-state index in [9.17, 15) is 4.79 Å². The van der Waals surface area contributed by atoms with E-state index in [1.165, 1.54) is 0 Å². The maximum absolute atomic E-state index is 11.8. The van der Waals surface area contributed by atoms with Crippen LogP contribution in [0.15, 0.2) is 18.2 Å². The quantitative estimate of drug-likeness (QED) is 0.562. The highest BCUT2D eigenvalue weighted by molar-refractivity contribution is 9.09. The van der Waals surface area contributed by atoms with Gasteiger partial charge in [0.1, 0.15) is 0 Å². The van der Waals surface area contributed by atoms with Gasteiger partial charge in [0.05, 0.1) is 12.2 Å². The van der Waals surface area contributed by atoms with Crippen LogP contribution < -0.4 is 0 Å². The molecule has 0 heterocycles. The summed E-state index contributed by atoms with van der Waals surface area (Å²) in [6.45, 7) is 2.24. The van der Waals surface area contributed by atoms with Crippen molar-refractivity contribution in [1.29, 1.82) is 0 Å². The zero-order valence-electron chi connectivity index (χ0n) is 9.84. The first-order valence-corrected chi connectivity index (χ1v) is 7.88. The number of benzene rings is 1. The summed E-state index contributed by atoms with van der Waals surface area (Å²) in [6.07, 6.45) is 1.90. The molecule has 1 aromatic carbocycles. The van der Waals surface area contributed by atoms with Crippen molar-refractivity contribution in [2.75, 3.05) is 11.9 Å². The summed E-state index contributed by atoms with van der Waals surface area (Å²) in [5, 5.41) is 1.70. The lowest BCUT2D eigenvalue weighted by molar-refractivity contribution is 0.0525. The molecule has 0 aliphatic carbocycles. The van der Waals surface area contributed by atoms with Crippen LogP contribution in [0.5, 0.6) is 0 Å². The van der Waals surface area contributed by atoms with Gasteiger partial charge in [0.2, 0.25) is 0 Å². The number of carbonyl (C=O) groups excluding carboxylic acids is 1. The lowest BCUT2D eigenvalue weighted by Gasteiger charge is -2.12. The number of esters is 1. The van der Waals surface area contributed by atoms with Crippen LogP contribution in [-0.4, -0.2) is 17.9 Å². The second kappa shape index (κ2) is 7.88. The van der Waals surface area contributed by atoms with Gasteiger partial charge in [-0.05, 0) is 37.0 Å². The Labute approximate surface area is 119 Å². The lowest BCUT2D eigenvalue weighted by Crippen LogP contribution is -2.10. The maximum Gasteiger partial charge on any atom is 0.338 e. The van der Waals surface area contributed by atoms with Crippen molar-refractivity contribution in [3.63, 3.8) is 0 Å². The minimum Gasteiger partial charge on any atom is -0.462 e. The second-order valence-corrected chi connectivity index (χ2v) is 4.94. The number of ether oxygens (including phenoxy) is 1. The van der Waals surface area contributed by atoms with E-state index in [0.29, 0.717) is 12.2 Å². The van der Waals surface area contributed by atoms with Crippen molar-refractivity contribution >= 4 is 37.8 Å². The molecule has 0 fully saturated rings. The molecule has 17 heavy (non-hydrogen) atoms. The molecule has 0 atom stereocenters. The van der Waals surface area contributed by atoms with E-state index in [2.05, 4.69) is 31.9 Å². The third-order valence-electron chi connectivity index (χ3n) is 2.47. The molecule has 1 rings (SSSR count). The summed E-state index contributed by atoms with van der Waals surface area (Å²) >= 11 is 6.88. The molecule has 0 aliphatic heterocycles. The van der Waals surface area contributed by atoms with Crippen molar-refractivity contribution in [3.05, 3.63) is 34.9 Å². The first kappa shape index (κ1) is 14.7. The SMILES string of the molecule is CCOC(=O)c1cccc(CBr)c1CCCBr. The van der Waals surface area contributed by atoms with Crippen molar-refractivity contribution in [3.8, 4) is 0 Å². The summed E-state index contributed by atoms with van der Waals surface area (Å²) < 4.78 is 5.08. The number of rotatable bonds is 6. The van der Waals surface area contributed by atoms with Crippen molar-refractivity contribution in [2.45, 2.75) is 25.1 Å². The number of halogens is 2. The van der Waals surface area contributed by atoms with Crippen LogP contribution >= 0.6 is 31.9 Å². The number of alkyl halides is 2. The third-order valence-corrected chi connectivity index (χ3v) is 3.64. The monoisotopic (exact) mass is 362 g/mol. The Balaban J connectivity index is 3.05. The van der Waals surface area contributed by atoms with E-state index in [-0.39, 0.29) is 5.97 Å². The molecular formula is C13H16Br2O2. The molecule has 0 saturated heterocycles. The van der Waals surface area contributed by atoms with Crippen LogP contribution in [0.3, 0.4) is 0 Å². The van der Waals surface area contributed by atoms with Gasteiger partial charge in [0.15, 0.2) is 0 Å². The van der Waals surface area contributed by atoms with E-state index in [1.54, 1.807) is 0 Å². The third kappa shape index (κ3) is 4.11. The maximum atomic E-state index is 11.8. The van der Waals surface area contributed by atoms with Gasteiger partial charge in [0.25, 0.3) is 0 Å². The molecule has 4 heteroatoms. The summed E-state index contributed by atoms with van der Waals surface area (Å²) in [4.78, 5) is 11.8. The van der Waals surface area contributed by atoms with E-state index in [0.717, 1.165) is 34.6 Å². The Morgan fingerprint density at radius 3 is 2.71 bits per heavy atom. The standard InChI is InChI=1S/C13H16Br2O2/c1-2-17-13(16)12-6-3-5-10(9-15)11(12)7-4-8-14/h3,5-6H,2,4,7-9H2,1H3. The first-order chi connectivity index (χ1) is 8.24. The minimum atomic E-state index is -0.222. The van der Waals surface area contributed by atoms with Crippen LogP contribution in [0.1, 0.15) is 34.8 Å². The van der Waals surface area contributed by atoms with Gasteiger partial charge in [-0.15, -0.1) is 0 Å². The summed E-state index contributed by atoms with van der Waals surface area (Å²) in [6, 6.07) is 5.79. The molecule has 0 aliphatic rings. The van der Waals surface area contributed by atoms with Gasteiger partial charge in [-0.1, -0.05) is 44.0 Å². The van der Waals surface area contributed by atoms with E-state index < -0.39 is 0 Å². The van der Waals surface area contributed by atoms with E-state index in [1.807, 2.05) is 25.1 Å². The van der Waals surface area contributed by atoms with Crippen molar-refractivity contribution in [2.24, 2.45) is 0 Å². The molecule has 0 radical (unpaired) electrons. The highest BCUT2D eigenvalue weighted by atomic mass is 79.9. The largest absolute Gasteiger partial charge is 0.462 e. The molecule has 2 nitrogen and oxygen atoms in total. The number of carbonyl (C=O) groups is 1. The van der Waals surface area contributed by atoms with Gasteiger partial charge in [-0.2, -0.15) is 0 Å². The Bertz CT molecular complexity index is 378. The van der Waals surface area contributed by atoms with Gasteiger partial charge in [-0.25, -0.2) is 4.79 Å². The molecular weight excluding hydrogens is 348 g/mol. The predicted molar refractivity (Wildman–Crippen MR) is 77.1 cm³/mol. The fourth-order valence-electron chi connectivity index (χ4n) is 1.70. The Hall–Kier alpha value is -0.350. The molecule has 0 spiro atoms. The van der Waals surface area contributed by atoms with Crippen LogP contribution in [0.4, 0.5) is 0 Å². The Morgan fingerprint density at radius 2 is 2.12 bits per heavy atom. The lowest BCUT2D eigenvalue weighted by atomic mass is 9.98. The normalized spacial score (nSPS) is 10.3. The van der Waals surface area contributed by atoms with Gasteiger partial charge in [0, 0.05) is 10.7 Å². The molecule has 0 amide bonds. The molecule has 0 saturated carbocycles. The minimum absolute atomic E-state index is 0.222. The second-order valence-electron chi connectivity index (χ2n) is 3.59. The van der Waals surface area contributed by atoms with Crippen molar-refractivity contribution < 1.29 is 9.53 Å². The molecule has 94 valence electrons. The summed E-state index contributed by atoms with van der Waals surface area (Å²) in [5.74, 6) is -0.222. The van der Waals surface area contributed by atoms with Crippen LogP contribution in [0.2, 0.25) is 0 Å². The molecule has 0 aromatic heterocycles. The van der Waals surface area contributed by atoms with Crippen LogP contribution in [0, 0.1) is 0 Å². The average Bonchev–Trinajstić information content (AvgIpc) is 2.36. The fraction of sp³-hybridized carbons (Fsp3) is 0.462. The molecule has 0 N–H and O–H groups in total. The molecule has 0 bridgehead atoms. The van der Waals surface area contributed by atoms with E-state index in [4.69, 9.17) is 4.74 Å². The topological polar surface area (TPSA) is 26.3 Å². The van der Waals surface area contributed by atoms with Crippen molar-refractivity contribution in [1.82, 2.24) is 0 Å². The highest BCUT2D eigenvalue weighted by Crippen LogP contribution is 2.20. The fourth-order valence-corrected chi connectivity index (χ4v) is 2.50. The summed E-state index contributed by atoms with van der Waals surface area (Å²) in [5.41, 5.74) is 2.96. The van der Waals surface area contributed by atoms with Crippen LogP contribution in [0.25, 0.3) is 0 Å². The smallest absolute Gasteiger partial charge is 0.338 e. The summed E-state index contributed by atoms with van der Waals surface area (Å²) in [7, 11) is 0. The molecule has 1 aromatic rings. The van der Waals surface area contributed by atoms with Gasteiger partial charge < -0.3 is 4.74 Å². The highest BCUT2D eigenvalue weighted by Gasteiger charge is 2.14. The average molecular weight is 364 g/mol. The number of hydrogen-bond acceptors (Lipinski definition) is 2. The Morgan fingerprint density at radius 1 is 1.35 bits per heavy atom. The zero-order chi connectivity index (χ0) is 12.7. The number of hydrogen-bond donors (Lipinski definition) is 0. The van der Waals surface area contributed by atoms with Crippen LogP contribution in [-0.2, 0) is 16.5 Å². The van der Waals surface area contributed by atoms with Gasteiger partial charge >= 0.3 is 5.97 Å². The van der Waals surface area contributed by atoms with Gasteiger partial charge in [-0.3, -0.25) is 0 Å². The Kier molecular flexibility index (Phi) is 6.82. The molecule has 0 unspecified atom stereocenters. The predicted octanol–water partition coefficient (Wildman–Crippen LogP) is 4.09.